The first-order valence-electron chi connectivity index (χ1n) is 10.9. The van der Waals surface area contributed by atoms with E-state index in [2.05, 4.69) is 15.1 Å². The molecule has 4 rings (SSSR count). The molecule has 0 fully saturated rings. The average molecular weight is 481 g/mol. The first kappa shape index (κ1) is 23.6. The molecule has 3 heterocycles. The number of hydrogen-bond donors (Lipinski definition) is 1. The number of rotatable bonds is 7. The minimum absolute atomic E-state index is 0.154. The van der Waals surface area contributed by atoms with Crippen molar-refractivity contribution >= 4 is 15.7 Å². The second-order valence-corrected chi connectivity index (χ2v) is 10.8. The third-order valence-electron chi connectivity index (χ3n) is 5.52. The van der Waals surface area contributed by atoms with Crippen molar-refractivity contribution in [2.75, 3.05) is 5.73 Å². The van der Waals surface area contributed by atoms with Gasteiger partial charge in [0.1, 0.15) is 17.3 Å². The normalized spacial score (nSPS) is 11.8. The number of nitrogens with zero attached hydrogens (tertiary/aromatic N) is 3. The van der Waals surface area contributed by atoms with Gasteiger partial charge in [0.05, 0.1) is 21.4 Å². The molecule has 0 aliphatic carbocycles. The monoisotopic (exact) mass is 480 g/mol. The number of anilines is 1. The fourth-order valence-corrected chi connectivity index (χ4v) is 4.55. The van der Waals surface area contributed by atoms with Gasteiger partial charge in [0, 0.05) is 29.6 Å². The van der Waals surface area contributed by atoms with Crippen LogP contribution in [0, 0.1) is 5.82 Å². The van der Waals surface area contributed by atoms with Gasteiger partial charge in [-0.05, 0) is 56.2 Å². The van der Waals surface area contributed by atoms with Crippen molar-refractivity contribution in [1.29, 1.82) is 0 Å². The van der Waals surface area contributed by atoms with Crippen molar-refractivity contribution in [2.24, 2.45) is 0 Å². The summed E-state index contributed by atoms with van der Waals surface area (Å²) in [5.41, 5.74) is 9.29. The number of benzene rings is 1. The van der Waals surface area contributed by atoms with E-state index in [0.29, 0.717) is 33.8 Å². The molecule has 0 radical (unpaired) electrons. The number of pyridine rings is 2. The fourth-order valence-electron chi connectivity index (χ4n) is 3.54. The summed E-state index contributed by atoms with van der Waals surface area (Å²) in [6.45, 7) is 5.28. The third-order valence-corrected chi connectivity index (χ3v) is 7.66. The highest BCUT2D eigenvalue weighted by Gasteiger charge is 2.20. The molecule has 0 aliphatic heterocycles. The van der Waals surface area contributed by atoms with E-state index in [1.54, 1.807) is 44.3 Å². The molecule has 3 aromatic heterocycles. The lowest BCUT2D eigenvalue weighted by Crippen LogP contribution is -2.14. The molecule has 0 spiro atoms. The zero-order valence-electron chi connectivity index (χ0n) is 19.1. The van der Waals surface area contributed by atoms with Gasteiger partial charge >= 0.3 is 0 Å². The molecule has 34 heavy (non-hydrogen) atoms. The van der Waals surface area contributed by atoms with E-state index in [1.807, 2.05) is 13.0 Å². The van der Waals surface area contributed by atoms with Crippen LogP contribution in [0.3, 0.4) is 0 Å². The standard InChI is InChI=1S/C25H25FN4O3S/c1-4-5-16-6-8-19(21(26)10-16)23-12-24(33-30-23)20-11-17(13-29-25(20)27)22-9-7-18(14-28-22)34(31,32)15(2)3/h6-15H,4-5H2,1-3H3,(H2,27,29). The fraction of sp³-hybridized carbons (Fsp3) is 0.240. The Labute approximate surface area is 197 Å². The van der Waals surface area contributed by atoms with Gasteiger partial charge in [-0.15, -0.1) is 0 Å². The highest BCUT2D eigenvalue weighted by Crippen LogP contribution is 2.33. The Hall–Kier alpha value is -3.59. The van der Waals surface area contributed by atoms with Crippen molar-refractivity contribution in [2.45, 2.75) is 43.8 Å². The molecule has 7 nitrogen and oxygen atoms in total. The van der Waals surface area contributed by atoms with Crippen LogP contribution >= 0.6 is 0 Å². The van der Waals surface area contributed by atoms with Crippen molar-refractivity contribution in [3.8, 4) is 33.8 Å². The summed E-state index contributed by atoms with van der Waals surface area (Å²) in [4.78, 5) is 8.67. The molecule has 176 valence electrons. The maximum absolute atomic E-state index is 14.6. The van der Waals surface area contributed by atoms with Crippen molar-refractivity contribution < 1.29 is 17.3 Å². The lowest BCUT2D eigenvalue weighted by molar-refractivity contribution is 0.434. The van der Waals surface area contributed by atoms with Gasteiger partial charge in [-0.2, -0.15) is 0 Å². The molecular formula is C25H25FN4O3S. The minimum atomic E-state index is -3.42. The topological polar surface area (TPSA) is 112 Å². The molecule has 0 saturated heterocycles. The summed E-state index contributed by atoms with van der Waals surface area (Å²) in [7, 11) is -3.42. The predicted molar refractivity (Wildman–Crippen MR) is 129 cm³/mol. The van der Waals surface area contributed by atoms with Gasteiger partial charge in [-0.25, -0.2) is 17.8 Å². The zero-order chi connectivity index (χ0) is 24.5. The maximum atomic E-state index is 14.6. The number of aryl methyl sites for hydroxylation is 1. The van der Waals surface area contributed by atoms with E-state index < -0.39 is 15.1 Å². The maximum Gasteiger partial charge on any atom is 0.182 e. The highest BCUT2D eigenvalue weighted by molar-refractivity contribution is 7.92. The number of nitrogens with two attached hydrogens (primary N) is 1. The Morgan fingerprint density at radius 3 is 2.44 bits per heavy atom. The van der Waals surface area contributed by atoms with Gasteiger partial charge in [0.15, 0.2) is 15.6 Å². The Bertz CT molecular complexity index is 1430. The highest BCUT2D eigenvalue weighted by atomic mass is 32.2. The SMILES string of the molecule is CCCc1ccc(-c2cc(-c3cc(-c4ccc(S(=O)(=O)C(C)C)cn4)cnc3N)on2)c(F)c1. The van der Waals surface area contributed by atoms with Crippen LogP contribution in [-0.2, 0) is 16.3 Å². The summed E-state index contributed by atoms with van der Waals surface area (Å²) in [5.74, 6) is 0.174. The molecule has 0 unspecified atom stereocenters. The molecule has 4 aromatic rings. The average Bonchev–Trinajstić information content (AvgIpc) is 3.29. The lowest BCUT2D eigenvalue weighted by Gasteiger charge is -2.09. The van der Waals surface area contributed by atoms with Crippen LogP contribution in [0.1, 0.15) is 32.8 Å². The predicted octanol–water partition coefficient (Wildman–Crippen LogP) is 5.32. The number of hydrogen-bond acceptors (Lipinski definition) is 7. The molecule has 0 atom stereocenters. The molecule has 0 bridgehead atoms. The van der Waals surface area contributed by atoms with Crippen LogP contribution in [-0.4, -0.2) is 28.8 Å². The second kappa shape index (κ2) is 9.34. The number of nitrogen functional groups attached to an aromatic ring is 1. The molecule has 0 amide bonds. The van der Waals surface area contributed by atoms with E-state index in [0.717, 1.165) is 18.4 Å². The summed E-state index contributed by atoms with van der Waals surface area (Å²) in [5, 5.41) is 3.47. The summed E-state index contributed by atoms with van der Waals surface area (Å²) < 4.78 is 44.8. The van der Waals surface area contributed by atoms with E-state index in [1.165, 1.54) is 18.3 Å². The summed E-state index contributed by atoms with van der Waals surface area (Å²) in [6.07, 6.45) is 4.61. The van der Waals surface area contributed by atoms with Gasteiger partial charge in [0.25, 0.3) is 0 Å². The number of sulfone groups is 1. The number of aromatic nitrogens is 3. The summed E-state index contributed by atoms with van der Waals surface area (Å²) >= 11 is 0. The Balaban J connectivity index is 1.66. The van der Waals surface area contributed by atoms with Gasteiger partial charge in [-0.1, -0.05) is 24.6 Å². The molecule has 0 aliphatic rings. The Kier molecular flexibility index (Phi) is 6.47. The molecule has 2 N–H and O–H groups in total. The first-order chi connectivity index (χ1) is 16.2. The second-order valence-electron chi connectivity index (χ2n) is 8.27. The van der Waals surface area contributed by atoms with E-state index in [-0.39, 0.29) is 16.5 Å². The smallest absolute Gasteiger partial charge is 0.182 e. The third kappa shape index (κ3) is 4.56. The van der Waals surface area contributed by atoms with E-state index >= 15 is 0 Å². The largest absolute Gasteiger partial charge is 0.383 e. The Morgan fingerprint density at radius 2 is 1.79 bits per heavy atom. The molecule has 0 saturated carbocycles. The minimum Gasteiger partial charge on any atom is -0.383 e. The molecule has 9 heteroatoms. The zero-order valence-corrected chi connectivity index (χ0v) is 19.9. The van der Waals surface area contributed by atoms with Crippen molar-refractivity contribution in [1.82, 2.24) is 15.1 Å². The van der Waals surface area contributed by atoms with E-state index in [9.17, 15) is 12.8 Å². The quantitative estimate of drug-likeness (QED) is 0.381. The van der Waals surface area contributed by atoms with Crippen LogP contribution < -0.4 is 5.73 Å². The molecular weight excluding hydrogens is 455 g/mol. The van der Waals surface area contributed by atoms with Crippen LogP contribution in [0.25, 0.3) is 33.8 Å². The molecule has 1 aromatic carbocycles. The lowest BCUT2D eigenvalue weighted by atomic mass is 10.0. The van der Waals surface area contributed by atoms with Gasteiger partial charge in [-0.3, -0.25) is 4.98 Å². The van der Waals surface area contributed by atoms with Gasteiger partial charge in [0.2, 0.25) is 0 Å². The Morgan fingerprint density at radius 1 is 1.00 bits per heavy atom. The van der Waals surface area contributed by atoms with Crippen LogP contribution in [0.5, 0.6) is 0 Å². The van der Waals surface area contributed by atoms with Crippen LogP contribution in [0.15, 0.2) is 64.3 Å². The van der Waals surface area contributed by atoms with Crippen LogP contribution in [0.2, 0.25) is 0 Å². The summed E-state index contributed by atoms with van der Waals surface area (Å²) in [6, 6.07) is 11.6. The number of halogens is 1. The van der Waals surface area contributed by atoms with Crippen molar-refractivity contribution in [3.63, 3.8) is 0 Å². The van der Waals surface area contributed by atoms with E-state index in [4.69, 9.17) is 10.3 Å². The first-order valence-corrected chi connectivity index (χ1v) is 12.5. The van der Waals surface area contributed by atoms with Gasteiger partial charge < -0.3 is 10.3 Å². The van der Waals surface area contributed by atoms with Crippen LogP contribution in [0.4, 0.5) is 10.2 Å². The van der Waals surface area contributed by atoms with Crippen molar-refractivity contribution in [3.05, 3.63) is 66.2 Å².